The van der Waals surface area contributed by atoms with Crippen LogP contribution >= 0.6 is 0 Å². The Morgan fingerprint density at radius 2 is 1.81 bits per heavy atom. The van der Waals surface area contributed by atoms with Gasteiger partial charge in [-0.3, -0.25) is 9.97 Å². The average Bonchev–Trinajstić information content (AvgIpc) is 2.67. The highest BCUT2D eigenvalue weighted by molar-refractivity contribution is 5.66. The molecule has 2 heterocycles. The summed E-state index contributed by atoms with van der Waals surface area (Å²) in [5.74, 6) is 0. The molecule has 3 nitrogen and oxygen atoms in total. The van der Waals surface area contributed by atoms with E-state index in [-0.39, 0.29) is 0 Å². The third kappa shape index (κ3) is 4.36. The molecule has 1 N–H and O–H groups in total. The molecule has 0 aromatic carbocycles. The van der Waals surface area contributed by atoms with E-state index in [0.29, 0.717) is 5.69 Å². The molecule has 136 valence electrons. The number of unbranched alkanes of at least 4 members (excludes halogenated alkanes) is 1. The Kier molecular flexibility index (Phi) is 6.64. The van der Waals surface area contributed by atoms with E-state index in [4.69, 9.17) is 0 Å². The third-order valence-corrected chi connectivity index (χ3v) is 4.65. The Balaban J connectivity index is 2.21. The van der Waals surface area contributed by atoms with Crippen molar-refractivity contribution in [2.24, 2.45) is 0 Å². The van der Waals surface area contributed by atoms with Crippen LogP contribution in [-0.2, 0) is 5.60 Å². The number of aromatic nitrogens is 2. The lowest BCUT2D eigenvalue weighted by molar-refractivity contribution is 0.0965. The van der Waals surface area contributed by atoms with E-state index < -0.39 is 5.60 Å². The highest BCUT2D eigenvalue weighted by atomic mass is 16.3. The number of hydrogen-bond donors (Lipinski definition) is 1. The van der Waals surface area contributed by atoms with Crippen LogP contribution in [0.25, 0.3) is 16.7 Å². The Bertz CT molecular complexity index is 784. The molecule has 0 saturated carbocycles. The zero-order valence-corrected chi connectivity index (χ0v) is 16.0. The number of hydrogen-bond acceptors (Lipinski definition) is 3. The highest BCUT2D eigenvalue weighted by Gasteiger charge is 2.27. The second-order valence-corrected chi connectivity index (χ2v) is 6.59. The number of allylic oxidation sites excluding steroid dienone is 2. The molecular formula is C23H28N2O. The van der Waals surface area contributed by atoms with Gasteiger partial charge in [0.05, 0.1) is 11.4 Å². The monoisotopic (exact) mass is 348 g/mol. The number of nitrogens with zero attached hydrogens (tertiary/aromatic N) is 2. The van der Waals surface area contributed by atoms with Crippen LogP contribution < -0.4 is 0 Å². The van der Waals surface area contributed by atoms with Gasteiger partial charge in [0.25, 0.3) is 0 Å². The number of pyridine rings is 2. The summed E-state index contributed by atoms with van der Waals surface area (Å²) < 4.78 is 0. The van der Waals surface area contributed by atoms with Crippen LogP contribution in [0.1, 0.15) is 51.4 Å². The SMILES string of the molecule is C=CC(=CC)C(C)(O)c1ccc(-c2ccc(C(=C)CCCC)nc2)cn1. The van der Waals surface area contributed by atoms with Gasteiger partial charge in [0, 0.05) is 23.5 Å². The lowest BCUT2D eigenvalue weighted by Gasteiger charge is -2.24. The quantitative estimate of drug-likeness (QED) is 0.624. The predicted molar refractivity (Wildman–Crippen MR) is 110 cm³/mol. The normalized spacial score (nSPS) is 13.9. The topological polar surface area (TPSA) is 46.0 Å². The lowest BCUT2D eigenvalue weighted by Crippen LogP contribution is -2.24. The zero-order chi connectivity index (χ0) is 19.2. The van der Waals surface area contributed by atoms with Crippen molar-refractivity contribution in [3.05, 3.63) is 78.9 Å². The van der Waals surface area contributed by atoms with E-state index in [1.165, 1.54) is 0 Å². The summed E-state index contributed by atoms with van der Waals surface area (Å²) in [6, 6.07) is 7.84. The molecule has 1 unspecified atom stereocenters. The van der Waals surface area contributed by atoms with Crippen LogP contribution in [0.4, 0.5) is 0 Å². The van der Waals surface area contributed by atoms with E-state index in [1.54, 1.807) is 19.2 Å². The maximum absolute atomic E-state index is 10.8. The minimum atomic E-state index is -1.16. The summed E-state index contributed by atoms with van der Waals surface area (Å²) in [7, 11) is 0. The van der Waals surface area contributed by atoms with Crippen molar-refractivity contribution in [3.8, 4) is 11.1 Å². The Morgan fingerprint density at radius 1 is 1.15 bits per heavy atom. The molecule has 0 aliphatic rings. The molecule has 0 amide bonds. The number of aliphatic hydroxyl groups is 1. The molecule has 1 atom stereocenters. The maximum atomic E-state index is 10.8. The van der Waals surface area contributed by atoms with Gasteiger partial charge in [-0.1, -0.05) is 50.8 Å². The van der Waals surface area contributed by atoms with Gasteiger partial charge in [-0.15, -0.1) is 0 Å². The van der Waals surface area contributed by atoms with Crippen LogP contribution in [0.2, 0.25) is 0 Å². The molecule has 0 aliphatic heterocycles. The average molecular weight is 348 g/mol. The van der Waals surface area contributed by atoms with Gasteiger partial charge in [-0.2, -0.15) is 0 Å². The van der Waals surface area contributed by atoms with Crippen LogP contribution in [-0.4, -0.2) is 15.1 Å². The van der Waals surface area contributed by atoms with Crippen LogP contribution in [0.15, 0.2) is 67.5 Å². The Labute approximate surface area is 156 Å². The predicted octanol–water partition coefficient (Wildman–Crippen LogP) is 5.69. The first-order valence-electron chi connectivity index (χ1n) is 9.06. The van der Waals surface area contributed by atoms with E-state index in [0.717, 1.165) is 47.2 Å². The van der Waals surface area contributed by atoms with Gasteiger partial charge in [0.2, 0.25) is 0 Å². The Morgan fingerprint density at radius 3 is 2.27 bits per heavy atom. The smallest absolute Gasteiger partial charge is 0.128 e. The van der Waals surface area contributed by atoms with Crippen LogP contribution in [0.5, 0.6) is 0 Å². The van der Waals surface area contributed by atoms with Crippen molar-refractivity contribution in [1.29, 1.82) is 0 Å². The minimum Gasteiger partial charge on any atom is -0.379 e. The second kappa shape index (κ2) is 8.72. The summed E-state index contributed by atoms with van der Waals surface area (Å²) in [4.78, 5) is 8.99. The van der Waals surface area contributed by atoms with Gasteiger partial charge in [-0.05, 0) is 50.0 Å². The molecule has 2 aromatic heterocycles. The highest BCUT2D eigenvalue weighted by Crippen LogP contribution is 2.29. The fourth-order valence-corrected chi connectivity index (χ4v) is 2.89. The standard InChI is InChI=1S/C23H28N2O/c1-6-9-10-17(4)21-13-11-18(15-24-21)19-12-14-22(25-16-19)23(5,26)20(7-2)8-3/h7-8,11-16,26H,2,4,6,9-10H2,1,3,5H3. The first kappa shape index (κ1) is 19.8. The summed E-state index contributed by atoms with van der Waals surface area (Å²) in [6.07, 6.45) is 10.4. The van der Waals surface area contributed by atoms with Crippen LogP contribution in [0, 0.1) is 0 Å². The third-order valence-electron chi connectivity index (χ3n) is 4.65. The first-order valence-corrected chi connectivity index (χ1v) is 9.06. The van der Waals surface area contributed by atoms with Crippen molar-refractivity contribution >= 4 is 5.57 Å². The van der Waals surface area contributed by atoms with Gasteiger partial charge >= 0.3 is 0 Å². The van der Waals surface area contributed by atoms with Gasteiger partial charge in [0.15, 0.2) is 0 Å². The summed E-state index contributed by atoms with van der Waals surface area (Å²) in [5, 5.41) is 10.8. The molecule has 0 bridgehead atoms. The van der Waals surface area contributed by atoms with Crippen molar-refractivity contribution in [3.63, 3.8) is 0 Å². The fraction of sp³-hybridized carbons (Fsp3) is 0.304. The van der Waals surface area contributed by atoms with Crippen molar-refractivity contribution in [1.82, 2.24) is 9.97 Å². The van der Waals surface area contributed by atoms with Crippen molar-refractivity contribution in [2.75, 3.05) is 0 Å². The van der Waals surface area contributed by atoms with E-state index >= 15 is 0 Å². The van der Waals surface area contributed by atoms with Crippen molar-refractivity contribution in [2.45, 2.75) is 45.6 Å². The lowest BCUT2D eigenvalue weighted by atomic mass is 9.91. The summed E-state index contributed by atoms with van der Waals surface area (Å²) in [5.41, 5.74) is 4.13. The Hall–Kier alpha value is -2.52. The van der Waals surface area contributed by atoms with Gasteiger partial charge < -0.3 is 5.11 Å². The van der Waals surface area contributed by atoms with E-state index in [1.807, 2.05) is 43.5 Å². The molecule has 0 spiro atoms. The van der Waals surface area contributed by atoms with Crippen molar-refractivity contribution < 1.29 is 5.11 Å². The molecule has 0 radical (unpaired) electrons. The molecule has 26 heavy (non-hydrogen) atoms. The second-order valence-electron chi connectivity index (χ2n) is 6.59. The van der Waals surface area contributed by atoms with Crippen LogP contribution in [0.3, 0.4) is 0 Å². The minimum absolute atomic E-state index is 0.590. The summed E-state index contributed by atoms with van der Waals surface area (Å²) >= 11 is 0. The maximum Gasteiger partial charge on any atom is 0.128 e. The molecule has 0 saturated heterocycles. The molecule has 0 aliphatic carbocycles. The molecule has 0 fully saturated rings. The van der Waals surface area contributed by atoms with Gasteiger partial charge in [-0.25, -0.2) is 0 Å². The van der Waals surface area contributed by atoms with Gasteiger partial charge in [0.1, 0.15) is 5.60 Å². The fourth-order valence-electron chi connectivity index (χ4n) is 2.89. The molecule has 2 aromatic rings. The van der Waals surface area contributed by atoms with E-state index in [2.05, 4.69) is 30.0 Å². The summed E-state index contributed by atoms with van der Waals surface area (Å²) in [6.45, 7) is 13.7. The number of rotatable bonds is 8. The zero-order valence-electron chi connectivity index (χ0n) is 16.0. The van der Waals surface area contributed by atoms with E-state index in [9.17, 15) is 5.11 Å². The largest absolute Gasteiger partial charge is 0.379 e. The molecular weight excluding hydrogens is 320 g/mol. The molecule has 3 heteroatoms. The first-order chi connectivity index (χ1) is 12.4. The molecule has 2 rings (SSSR count).